The van der Waals surface area contributed by atoms with Crippen LogP contribution in [0.3, 0.4) is 0 Å². The minimum Gasteiger partial charge on any atom is -0.388 e. The van der Waals surface area contributed by atoms with Crippen LogP contribution in [0.2, 0.25) is 0 Å². The highest BCUT2D eigenvalue weighted by Crippen LogP contribution is 2.22. The van der Waals surface area contributed by atoms with Gasteiger partial charge in [0.25, 0.3) is 0 Å². The predicted octanol–water partition coefficient (Wildman–Crippen LogP) is 1.97. The molecule has 0 aliphatic carbocycles. The van der Waals surface area contributed by atoms with Crippen molar-refractivity contribution in [1.82, 2.24) is 9.97 Å². The van der Waals surface area contributed by atoms with Crippen molar-refractivity contribution in [2.24, 2.45) is 11.7 Å². The number of nitrogens with zero attached hydrogens (tertiary/aromatic N) is 2. The van der Waals surface area contributed by atoms with Gasteiger partial charge in [0.2, 0.25) is 5.95 Å². The van der Waals surface area contributed by atoms with Gasteiger partial charge in [-0.3, -0.25) is 0 Å². The summed E-state index contributed by atoms with van der Waals surface area (Å²) in [7, 11) is 0. The smallest absolute Gasteiger partial charge is 0.223 e. The number of nitrogens with two attached hydrogens (primary N) is 1. The molecule has 1 aliphatic heterocycles. The van der Waals surface area contributed by atoms with Gasteiger partial charge in [0.15, 0.2) is 0 Å². The summed E-state index contributed by atoms with van der Waals surface area (Å²) < 4.78 is 0. The maximum Gasteiger partial charge on any atom is 0.223 e. The van der Waals surface area contributed by atoms with E-state index in [1.165, 1.54) is 24.3 Å². The van der Waals surface area contributed by atoms with E-state index in [9.17, 15) is 0 Å². The molecular weight excluding hydrogens is 264 g/mol. The second-order valence-electron chi connectivity index (χ2n) is 4.52. The number of hydrogen-bond acceptors (Lipinski definition) is 5. The molecule has 0 bridgehead atoms. The second-order valence-corrected chi connectivity index (χ2v) is 6.18. The fraction of sp³-hybridized carbons (Fsp3) is 0.583. The van der Waals surface area contributed by atoms with Gasteiger partial charge < -0.3 is 11.1 Å². The number of anilines is 1. The van der Waals surface area contributed by atoms with Gasteiger partial charge >= 0.3 is 0 Å². The lowest BCUT2D eigenvalue weighted by Gasteiger charge is -2.21. The monoisotopic (exact) mass is 282 g/mol. The number of rotatable bonds is 4. The summed E-state index contributed by atoms with van der Waals surface area (Å²) in [6, 6.07) is 1.81. The van der Waals surface area contributed by atoms with Crippen molar-refractivity contribution in [1.29, 1.82) is 0 Å². The van der Waals surface area contributed by atoms with Crippen LogP contribution >= 0.6 is 24.0 Å². The van der Waals surface area contributed by atoms with E-state index in [2.05, 4.69) is 15.3 Å². The van der Waals surface area contributed by atoms with Crippen molar-refractivity contribution in [3.05, 3.63) is 17.5 Å². The zero-order valence-electron chi connectivity index (χ0n) is 10.5. The van der Waals surface area contributed by atoms with Gasteiger partial charge in [0.05, 0.1) is 0 Å². The lowest BCUT2D eigenvalue weighted by Crippen LogP contribution is -2.21. The molecule has 0 aromatic carbocycles. The summed E-state index contributed by atoms with van der Waals surface area (Å²) in [6.07, 6.45) is 2.54. The van der Waals surface area contributed by atoms with E-state index in [-0.39, 0.29) is 0 Å². The highest BCUT2D eigenvalue weighted by Gasteiger charge is 2.14. The van der Waals surface area contributed by atoms with E-state index >= 15 is 0 Å². The van der Waals surface area contributed by atoms with E-state index < -0.39 is 0 Å². The lowest BCUT2D eigenvalue weighted by molar-refractivity contribution is 0.514. The molecular formula is C12H18N4S2. The van der Waals surface area contributed by atoms with Crippen molar-refractivity contribution in [3.63, 3.8) is 0 Å². The molecule has 6 heteroatoms. The summed E-state index contributed by atoms with van der Waals surface area (Å²) in [5.74, 6) is 3.89. The Morgan fingerprint density at radius 3 is 2.89 bits per heavy atom. The fourth-order valence-corrected chi connectivity index (χ4v) is 3.27. The highest BCUT2D eigenvalue weighted by atomic mass is 32.2. The average molecular weight is 282 g/mol. The molecule has 1 aromatic heterocycles. The Kier molecular flexibility index (Phi) is 4.77. The van der Waals surface area contributed by atoms with Gasteiger partial charge in [0.1, 0.15) is 10.7 Å². The van der Waals surface area contributed by atoms with Crippen LogP contribution in [0.5, 0.6) is 0 Å². The predicted molar refractivity (Wildman–Crippen MR) is 81.2 cm³/mol. The number of aromatic nitrogens is 2. The van der Waals surface area contributed by atoms with Gasteiger partial charge in [-0.25, -0.2) is 9.97 Å². The van der Waals surface area contributed by atoms with Gasteiger partial charge in [-0.2, -0.15) is 11.8 Å². The van der Waals surface area contributed by atoms with Crippen molar-refractivity contribution in [2.45, 2.75) is 19.8 Å². The van der Waals surface area contributed by atoms with Crippen LogP contribution < -0.4 is 11.1 Å². The van der Waals surface area contributed by atoms with Gasteiger partial charge in [-0.05, 0) is 43.3 Å². The normalized spacial score (nSPS) is 16.5. The summed E-state index contributed by atoms with van der Waals surface area (Å²) in [5.41, 5.74) is 7.12. The van der Waals surface area contributed by atoms with Crippen LogP contribution in [0, 0.1) is 12.8 Å². The van der Waals surface area contributed by atoms with E-state index in [1.807, 2.05) is 24.8 Å². The third-order valence-corrected chi connectivity index (χ3v) is 4.25. The first kappa shape index (κ1) is 13.5. The molecule has 3 N–H and O–H groups in total. The third kappa shape index (κ3) is 3.81. The molecule has 1 aliphatic rings. The number of thiocarbonyl (C=S) groups is 1. The Labute approximate surface area is 117 Å². The average Bonchev–Trinajstić information content (AvgIpc) is 2.37. The van der Waals surface area contributed by atoms with E-state index in [0.29, 0.717) is 16.6 Å². The first-order chi connectivity index (χ1) is 8.65. The Bertz CT molecular complexity index is 430. The molecule has 0 radical (unpaired) electrons. The zero-order valence-corrected chi connectivity index (χ0v) is 12.1. The van der Waals surface area contributed by atoms with Gasteiger partial charge in [0, 0.05) is 12.2 Å². The largest absolute Gasteiger partial charge is 0.388 e. The first-order valence-corrected chi connectivity index (χ1v) is 7.68. The van der Waals surface area contributed by atoms with Crippen LogP contribution in [-0.4, -0.2) is 33.0 Å². The van der Waals surface area contributed by atoms with Crippen LogP contribution in [0.4, 0.5) is 5.95 Å². The highest BCUT2D eigenvalue weighted by molar-refractivity contribution is 7.99. The number of aryl methyl sites for hydroxylation is 1. The Balaban J connectivity index is 1.97. The Morgan fingerprint density at radius 1 is 1.50 bits per heavy atom. The standard InChI is InChI=1S/C12H18N4S2/c1-8-6-10(11(13)17)16-12(15-8)14-7-9-2-4-18-5-3-9/h6,9H,2-5,7H2,1H3,(H2,13,17)(H,14,15,16). The van der Waals surface area contributed by atoms with Crippen molar-refractivity contribution < 1.29 is 0 Å². The van der Waals surface area contributed by atoms with Gasteiger partial charge in [-0.1, -0.05) is 12.2 Å². The van der Waals surface area contributed by atoms with Crippen LogP contribution in [0.1, 0.15) is 24.2 Å². The van der Waals surface area contributed by atoms with E-state index in [1.54, 1.807) is 0 Å². The van der Waals surface area contributed by atoms with Crippen LogP contribution in [0.25, 0.3) is 0 Å². The molecule has 98 valence electrons. The minimum atomic E-state index is 0.317. The number of nitrogens with one attached hydrogen (secondary N) is 1. The lowest BCUT2D eigenvalue weighted by atomic mass is 10.0. The Hall–Kier alpha value is -0.880. The molecule has 4 nitrogen and oxygen atoms in total. The molecule has 2 heterocycles. The van der Waals surface area contributed by atoms with Crippen LogP contribution in [0.15, 0.2) is 6.07 Å². The molecule has 1 aromatic rings. The summed E-state index contributed by atoms with van der Waals surface area (Å²) in [6.45, 7) is 2.85. The van der Waals surface area contributed by atoms with Gasteiger partial charge in [-0.15, -0.1) is 0 Å². The molecule has 0 saturated carbocycles. The molecule has 2 rings (SSSR count). The number of thioether (sulfide) groups is 1. The quantitative estimate of drug-likeness (QED) is 0.823. The zero-order chi connectivity index (χ0) is 13.0. The molecule has 0 atom stereocenters. The molecule has 18 heavy (non-hydrogen) atoms. The SMILES string of the molecule is Cc1cc(C(N)=S)nc(NCC2CCSCC2)n1. The Morgan fingerprint density at radius 2 is 2.22 bits per heavy atom. The van der Waals surface area contributed by atoms with E-state index in [4.69, 9.17) is 18.0 Å². The van der Waals surface area contributed by atoms with Crippen molar-refractivity contribution in [2.75, 3.05) is 23.4 Å². The maximum absolute atomic E-state index is 5.60. The number of hydrogen-bond donors (Lipinski definition) is 2. The first-order valence-electron chi connectivity index (χ1n) is 6.12. The summed E-state index contributed by atoms with van der Waals surface area (Å²) in [5, 5.41) is 3.30. The molecule has 0 amide bonds. The fourth-order valence-electron chi connectivity index (χ4n) is 1.96. The van der Waals surface area contributed by atoms with Crippen LogP contribution in [-0.2, 0) is 0 Å². The summed E-state index contributed by atoms with van der Waals surface area (Å²) in [4.78, 5) is 9.00. The van der Waals surface area contributed by atoms with E-state index in [0.717, 1.165) is 18.2 Å². The minimum absolute atomic E-state index is 0.317. The van der Waals surface area contributed by atoms with Crippen molar-refractivity contribution in [3.8, 4) is 0 Å². The third-order valence-electron chi connectivity index (χ3n) is 3.00. The van der Waals surface area contributed by atoms with Crippen molar-refractivity contribution >= 4 is 34.9 Å². The molecule has 1 fully saturated rings. The summed E-state index contributed by atoms with van der Waals surface area (Å²) >= 11 is 6.98. The maximum atomic E-state index is 5.60. The second kappa shape index (κ2) is 6.33. The molecule has 0 spiro atoms. The topological polar surface area (TPSA) is 63.8 Å². The molecule has 0 unspecified atom stereocenters. The molecule has 1 saturated heterocycles.